The third-order valence-electron chi connectivity index (χ3n) is 7.49. The van der Waals surface area contributed by atoms with Gasteiger partial charge in [-0.1, -0.05) is 93.6 Å². The van der Waals surface area contributed by atoms with E-state index in [9.17, 15) is 5.11 Å². The number of hydrogen-bond donors (Lipinski definition) is 1. The molecule has 6 heteroatoms. The van der Waals surface area contributed by atoms with E-state index >= 15 is 0 Å². The van der Waals surface area contributed by atoms with Crippen LogP contribution in [0, 0.1) is 0 Å². The van der Waals surface area contributed by atoms with Crippen molar-refractivity contribution in [2.24, 2.45) is 0 Å². The van der Waals surface area contributed by atoms with Crippen molar-refractivity contribution in [3.05, 3.63) is 90.5 Å². The Labute approximate surface area is 228 Å². The minimum Gasteiger partial charge on any atom is -0.497 e. The number of methoxy groups -OCH3 is 1. The molecule has 1 aliphatic heterocycles. The first kappa shape index (κ1) is 28.5. The van der Waals surface area contributed by atoms with Gasteiger partial charge in [0.2, 0.25) is 0 Å². The van der Waals surface area contributed by atoms with E-state index in [4.69, 9.17) is 18.6 Å². The Morgan fingerprint density at radius 3 is 1.87 bits per heavy atom. The summed E-state index contributed by atoms with van der Waals surface area (Å²) < 4.78 is 25.3. The lowest BCUT2D eigenvalue weighted by molar-refractivity contribution is -0.100. The van der Waals surface area contributed by atoms with Gasteiger partial charge in [-0.3, -0.25) is 0 Å². The van der Waals surface area contributed by atoms with Gasteiger partial charge in [0.15, 0.2) is 0 Å². The first-order valence-corrected chi connectivity index (χ1v) is 15.3. The number of hydrogen-bond acceptors (Lipinski definition) is 5. The average Bonchev–Trinajstić information content (AvgIpc) is 3.32. The number of ether oxygens (including phenoxy) is 3. The quantitative estimate of drug-likeness (QED) is 0.368. The van der Waals surface area contributed by atoms with E-state index in [1.807, 2.05) is 36.4 Å². The Morgan fingerprint density at radius 2 is 1.39 bits per heavy atom. The zero-order valence-electron chi connectivity index (χ0n) is 23.5. The number of aliphatic hydroxyl groups is 1. The van der Waals surface area contributed by atoms with Crippen LogP contribution in [0.3, 0.4) is 0 Å². The maximum atomic E-state index is 10.8. The van der Waals surface area contributed by atoms with E-state index in [0.717, 1.165) is 11.3 Å². The summed E-state index contributed by atoms with van der Waals surface area (Å²) in [4.78, 5) is 0. The minimum absolute atomic E-state index is 0.136. The second-order valence-corrected chi connectivity index (χ2v) is 16.0. The Hall–Kier alpha value is -2.48. The summed E-state index contributed by atoms with van der Waals surface area (Å²) in [6.07, 6.45) is -0.233. The van der Waals surface area contributed by atoms with Crippen molar-refractivity contribution < 1.29 is 23.7 Å². The average molecular weight is 535 g/mol. The maximum absolute atomic E-state index is 10.8. The first-order valence-electron chi connectivity index (χ1n) is 13.4. The van der Waals surface area contributed by atoms with Crippen molar-refractivity contribution in [2.75, 3.05) is 13.7 Å². The van der Waals surface area contributed by atoms with Gasteiger partial charge in [-0.15, -0.1) is 0 Å². The summed E-state index contributed by atoms with van der Waals surface area (Å²) in [6.45, 7) is 11.2. The molecule has 1 aliphatic rings. The Bertz CT molecular complexity index is 1100. The fourth-order valence-corrected chi connectivity index (χ4v) is 9.96. The number of rotatable bonds is 10. The summed E-state index contributed by atoms with van der Waals surface area (Å²) in [5.74, 6) is 0.816. The fraction of sp³-hybridized carbons (Fsp3) is 0.438. The summed E-state index contributed by atoms with van der Waals surface area (Å²) in [5.41, 5.74) is 0.0811. The highest BCUT2D eigenvalue weighted by atomic mass is 28.4. The Kier molecular flexibility index (Phi) is 8.80. The third-order valence-corrected chi connectivity index (χ3v) is 12.5. The van der Waals surface area contributed by atoms with E-state index < -0.39 is 13.9 Å². The summed E-state index contributed by atoms with van der Waals surface area (Å²) >= 11 is 0. The molecule has 38 heavy (non-hydrogen) atoms. The fourth-order valence-electron chi connectivity index (χ4n) is 5.39. The molecule has 1 saturated heterocycles. The van der Waals surface area contributed by atoms with Crippen molar-refractivity contribution in [1.82, 2.24) is 0 Å². The van der Waals surface area contributed by atoms with Crippen LogP contribution in [-0.2, 0) is 20.5 Å². The van der Waals surface area contributed by atoms with Crippen molar-refractivity contribution >= 4 is 18.7 Å². The van der Waals surface area contributed by atoms with Gasteiger partial charge in [-0.2, -0.15) is 0 Å². The molecular formula is C32H42O5Si. The van der Waals surface area contributed by atoms with E-state index in [2.05, 4.69) is 69.3 Å². The van der Waals surface area contributed by atoms with E-state index in [1.165, 1.54) is 10.4 Å². The molecule has 0 unspecified atom stereocenters. The Balaban J connectivity index is 1.61. The first-order chi connectivity index (χ1) is 18.0. The molecule has 0 bridgehead atoms. The van der Waals surface area contributed by atoms with Crippen LogP contribution in [0.5, 0.6) is 5.75 Å². The van der Waals surface area contributed by atoms with E-state index in [-0.39, 0.29) is 23.4 Å². The van der Waals surface area contributed by atoms with Crippen molar-refractivity contribution in [3.63, 3.8) is 0 Å². The Morgan fingerprint density at radius 1 is 0.842 bits per heavy atom. The largest absolute Gasteiger partial charge is 0.497 e. The van der Waals surface area contributed by atoms with Gasteiger partial charge in [0.05, 0.1) is 38.1 Å². The third kappa shape index (κ3) is 6.21. The smallest absolute Gasteiger partial charge is 0.261 e. The predicted octanol–water partition coefficient (Wildman–Crippen LogP) is 5.09. The topological polar surface area (TPSA) is 57.2 Å². The van der Waals surface area contributed by atoms with Crippen molar-refractivity contribution in [3.8, 4) is 5.75 Å². The molecule has 3 aromatic carbocycles. The maximum Gasteiger partial charge on any atom is 0.261 e. The van der Waals surface area contributed by atoms with Crippen LogP contribution in [0.2, 0.25) is 5.04 Å². The van der Waals surface area contributed by atoms with Crippen LogP contribution in [0.15, 0.2) is 84.9 Å². The molecule has 4 rings (SSSR count). The molecule has 0 saturated carbocycles. The molecule has 0 aromatic heterocycles. The van der Waals surface area contributed by atoms with Gasteiger partial charge in [0, 0.05) is 6.42 Å². The minimum atomic E-state index is -2.72. The van der Waals surface area contributed by atoms with Crippen LogP contribution in [0.25, 0.3) is 0 Å². The van der Waals surface area contributed by atoms with E-state index in [1.54, 1.807) is 21.0 Å². The van der Waals surface area contributed by atoms with Crippen LogP contribution in [-0.4, -0.2) is 51.1 Å². The molecule has 0 radical (unpaired) electrons. The molecule has 1 heterocycles. The van der Waals surface area contributed by atoms with Gasteiger partial charge in [0.25, 0.3) is 8.32 Å². The van der Waals surface area contributed by atoms with E-state index in [0.29, 0.717) is 19.6 Å². The van der Waals surface area contributed by atoms with Gasteiger partial charge in [-0.25, -0.2) is 0 Å². The predicted molar refractivity (Wildman–Crippen MR) is 155 cm³/mol. The normalized spacial score (nSPS) is 20.4. The van der Waals surface area contributed by atoms with Crippen molar-refractivity contribution in [1.29, 1.82) is 0 Å². The standard InChI is InChI=1S/C32H42O5Si/c1-31(2,3)38(26-13-9-7-10-14-26,27-15-11-8-12-16-27)36-23-29-28(21-30(37-29)32(4,5)33)35-22-24-17-19-25(34-6)20-18-24/h7-20,28-30,33H,21-23H2,1-6H3/t28-,29-,30+/m0/s1. The summed E-state index contributed by atoms with van der Waals surface area (Å²) in [5, 5.41) is 13.1. The van der Waals surface area contributed by atoms with Gasteiger partial charge in [-0.05, 0) is 47.0 Å². The molecule has 1 N–H and O–H groups in total. The lowest BCUT2D eigenvalue weighted by atomic mass is 9.98. The highest BCUT2D eigenvalue weighted by molar-refractivity contribution is 6.99. The highest BCUT2D eigenvalue weighted by Gasteiger charge is 2.52. The van der Waals surface area contributed by atoms with Crippen molar-refractivity contribution in [2.45, 2.75) is 76.6 Å². The van der Waals surface area contributed by atoms with Crippen LogP contribution >= 0.6 is 0 Å². The van der Waals surface area contributed by atoms with Crippen LogP contribution in [0.1, 0.15) is 46.6 Å². The summed E-state index contributed by atoms with van der Waals surface area (Å²) in [6, 6.07) is 29.1. The molecule has 0 amide bonds. The molecule has 5 nitrogen and oxygen atoms in total. The van der Waals surface area contributed by atoms with Crippen LogP contribution in [0.4, 0.5) is 0 Å². The number of benzene rings is 3. The summed E-state index contributed by atoms with van der Waals surface area (Å²) in [7, 11) is -1.06. The zero-order valence-corrected chi connectivity index (χ0v) is 24.5. The molecule has 0 spiro atoms. The van der Waals surface area contributed by atoms with Gasteiger partial charge in [0.1, 0.15) is 11.9 Å². The van der Waals surface area contributed by atoms with Crippen LogP contribution < -0.4 is 15.1 Å². The molecule has 1 fully saturated rings. The zero-order chi connectivity index (χ0) is 27.4. The monoisotopic (exact) mass is 534 g/mol. The SMILES string of the molecule is COc1ccc(CO[C@H]2C[C@H](C(C)(C)O)O[C@H]2CO[Si](c2ccccc2)(c2ccccc2)C(C)(C)C)cc1. The second kappa shape index (κ2) is 11.7. The molecule has 3 aromatic rings. The highest BCUT2D eigenvalue weighted by Crippen LogP contribution is 2.38. The second-order valence-electron chi connectivity index (χ2n) is 11.7. The molecule has 204 valence electrons. The lowest BCUT2D eigenvalue weighted by Gasteiger charge is -2.43. The molecular weight excluding hydrogens is 492 g/mol. The van der Waals surface area contributed by atoms with Gasteiger partial charge < -0.3 is 23.7 Å². The molecule has 3 atom stereocenters. The lowest BCUT2D eigenvalue weighted by Crippen LogP contribution is -2.67. The molecule has 0 aliphatic carbocycles. The van der Waals surface area contributed by atoms with Gasteiger partial charge >= 0.3 is 0 Å².